The van der Waals surface area contributed by atoms with Gasteiger partial charge in [-0.2, -0.15) is 0 Å². The predicted molar refractivity (Wildman–Crippen MR) is 49.9 cm³/mol. The molecule has 1 N–H and O–H groups in total. The summed E-state index contributed by atoms with van der Waals surface area (Å²) in [5.74, 6) is -1.24. The molecule has 5 heteroatoms. The van der Waals surface area contributed by atoms with Crippen molar-refractivity contribution in [3.05, 3.63) is 24.2 Å². The number of hydrogen-bond acceptors (Lipinski definition) is 5. The third kappa shape index (κ3) is 2.24. The highest BCUT2D eigenvalue weighted by molar-refractivity contribution is 5.88. The SMILES string of the molecule is COC(=O)[C@@](O)(CC(C)=O)c1ccco1. The van der Waals surface area contributed by atoms with E-state index in [0.717, 1.165) is 7.11 Å². The molecule has 0 bridgehead atoms. The summed E-state index contributed by atoms with van der Waals surface area (Å²) in [7, 11) is 1.14. The lowest BCUT2D eigenvalue weighted by molar-refractivity contribution is -0.168. The molecule has 15 heavy (non-hydrogen) atoms. The first kappa shape index (κ1) is 11.5. The van der Waals surface area contributed by atoms with Crippen LogP contribution < -0.4 is 0 Å². The van der Waals surface area contributed by atoms with E-state index in [-0.39, 0.29) is 18.0 Å². The Morgan fingerprint density at radius 2 is 2.27 bits per heavy atom. The molecule has 5 nitrogen and oxygen atoms in total. The summed E-state index contributed by atoms with van der Waals surface area (Å²) in [6, 6.07) is 2.93. The number of esters is 1. The molecule has 0 fully saturated rings. The van der Waals surface area contributed by atoms with Crippen LogP contribution in [0.5, 0.6) is 0 Å². The first-order valence-electron chi connectivity index (χ1n) is 4.35. The Labute approximate surface area is 86.6 Å². The van der Waals surface area contributed by atoms with Gasteiger partial charge in [-0.1, -0.05) is 0 Å². The lowest BCUT2D eigenvalue weighted by atomic mass is 9.94. The van der Waals surface area contributed by atoms with Crippen molar-refractivity contribution < 1.29 is 23.8 Å². The molecule has 1 aromatic rings. The molecular weight excluding hydrogens is 200 g/mol. The van der Waals surface area contributed by atoms with E-state index in [9.17, 15) is 14.7 Å². The Hall–Kier alpha value is -1.62. The van der Waals surface area contributed by atoms with Crippen LogP contribution >= 0.6 is 0 Å². The Morgan fingerprint density at radius 3 is 2.67 bits per heavy atom. The van der Waals surface area contributed by atoms with Crippen molar-refractivity contribution in [2.75, 3.05) is 7.11 Å². The van der Waals surface area contributed by atoms with Crippen molar-refractivity contribution in [2.24, 2.45) is 0 Å². The van der Waals surface area contributed by atoms with Gasteiger partial charge in [-0.3, -0.25) is 4.79 Å². The monoisotopic (exact) mass is 212 g/mol. The summed E-state index contributed by atoms with van der Waals surface area (Å²) in [6.45, 7) is 1.27. The van der Waals surface area contributed by atoms with Gasteiger partial charge in [-0.25, -0.2) is 4.79 Å². The molecule has 0 spiro atoms. The van der Waals surface area contributed by atoms with Gasteiger partial charge in [0.25, 0.3) is 0 Å². The van der Waals surface area contributed by atoms with Crippen molar-refractivity contribution in [1.82, 2.24) is 0 Å². The minimum atomic E-state index is -2.02. The number of Topliss-reactive ketones (excluding diaryl/α,β-unsaturated/α-hetero) is 1. The van der Waals surface area contributed by atoms with Crippen molar-refractivity contribution in [1.29, 1.82) is 0 Å². The number of methoxy groups -OCH3 is 1. The van der Waals surface area contributed by atoms with Crippen LogP contribution in [0.2, 0.25) is 0 Å². The first-order chi connectivity index (χ1) is 7.00. The number of hydrogen-bond donors (Lipinski definition) is 1. The van der Waals surface area contributed by atoms with Crippen LogP contribution in [-0.4, -0.2) is 24.0 Å². The molecular formula is C10H12O5. The van der Waals surface area contributed by atoms with Crippen molar-refractivity contribution in [2.45, 2.75) is 18.9 Å². The summed E-state index contributed by atoms with van der Waals surface area (Å²) >= 11 is 0. The third-order valence-electron chi connectivity index (χ3n) is 1.96. The Balaban J connectivity index is 3.06. The van der Waals surface area contributed by atoms with Gasteiger partial charge in [0.1, 0.15) is 11.5 Å². The van der Waals surface area contributed by atoms with E-state index in [1.165, 1.54) is 25.3 Å². The van der Waals surface area contributed by atoms with Crippen LogP contribution in [0.3, 0.4) is 0 Å². The largest absolute Gasteiger partial charge is 0.467 e. The van der Waals surface area contributed by atoms with E-state index in [1.807, 2.05) is 0 Å². The molecule has 0 aliphatic rings. The number of aliphatic hydroxyl groups is 1. The van der Waals surface area contributed by atoms with E-state index in [4.69, 9.17) is 4.42 Å². The number of furan rings is 1. The Bertz CT molecular complexity index is 354. The zero-order chi connectivity index (χ0) is 11.5. The number of ketones is 1. The van der Waals surface area contributed by atoms with E-state index >= 15 is 0 Å². The second-order valence-electron chi connectivity index (χ2n) is 3.21. The molecule has 0 amide bonds. The fraction of sp³-hybridized carbons (Fsp3) is 0.400. The standard InChI is InChI=1S/C10H12O5/c1-7(11)6-10(13,9(12)14-2)8-4-3-5-15-8/h3-5,13H,6H2,1-2H3/t10-/m1/s1. The average molecular weight is 212 g/mol. The Morgan fingerprint density at radius 1 is 1.60 bits per heavy atom. The molecule has 0 aliphatic carbocycles. The van der Waals surface area contributed by atoms with Gasteiger partial charge in [0, 0.05) is 0 Å². The van der Waals surface area contributed by atoms with E-state index in [1.54, 1.807) is 0 Å². The van der Waals surface area contributed by atoms with Gasteiger partial charge < -0.3 is 14.3 Å². The third-order valence-corrected chi connectivity index (χ3v) is 1.96. The van der Waals surface area contributed by atoms with Gasteiger partial charge >= 0.3 is 5.97 Å². The van der Waals surface area contributed by atoms with Gasteiger partial charge in [-0.05, 0) is 19.1 Å². The molecule has 0 aliphatic heterocycles. The molecule has 0 unspecified atom stereocenters. The maximum Gasteiger partial charge on any atom is 0.346 e. The maximum absolute atomic E-state index is 11.4. The molecule has 0 radical (unpaired) electrons. The van der Waals surface area contributed by atoms with Gasteiger partial charge in [-0.15, -0.1) is 0 Å². The Kier molecular flexibility index (Phi) is 3.26. The summed E-state index contributed by atoms with van der Waals surface area (Å²) in [4.78, 5) is 22.3. The fourth-order valence-electron chi connectivity index (χ4n) is 1.30. The quantitative estimate of drug-likeness (QED) is 0.740. The summed E-state index contributed by atoms with van der Waals surface area (Å²) in [5, 5.41) is 10.0. The average Bonchev–Trinajstić information content (AvgIpc) is 2.68. The van der Waals surface area contributed by atoms with Crippen molar-refractivity contribution >= 4 is 11.8 Å². The molecule has 1 atom stereocenters. The van der Waals surface area contributed by atoms with Crippen molar-refractivity contribution in [3.8, 4) is 0 Å². The molecule has 1 rings (SSSR count). The highest BCUT2D eigenvalue weighted by Crippen LogP contribution is 2.27. The molecule has 0 aromatic carbocycles. The minimum Gasteiger partial charge on any atom is -0.467 e. The minimum absolute atomic E-state index is 0.00421. The number of carbonyl (C=O) groups excluding carboxylic acids is 2. The molecule has 1 aromatic heterocycles. The van der Waals surface area contributed by atoms with Crippen LogP contribution in [0.25, 0.3) is 0 Å². The summed E-state index contributed by atoms with van der Waals surface area (Å²) in [5.41, 5.74) is -2.02. The smallest absolute Gasteiger partial charge is 0.346 e. The number of ether oxygens (including phenoxy) is 1. The van der Waals surface area contributed by atoms with Crippen LogP contribution in [0, 0.1) is 0 Å². The van der Waals surface area contributed by atoms with E-state index in [2.05, 4.69) is 4.74 Å². The number of carbonyl (C=O) groups is 2. The molecule has 0 saturated heterocycles. The summed E-state index contributed by atoms with van der Waals surface area (Å²) < 4.78 is 9.36. The van der Waals surface area contributed by atoms with E-state index < -0.39 is 11.6 Å². The molecule has 82 valence electrons. The predicted octanol–water partition coefficient (Wildman–Crippen LogP) is 0.619. The fourth-order valence-corrected chi connectivity index (χ4v) is 1.30. The summed E-state index contributed by atoms with van der Waals surface area (Å²) in [6.07, 6.45) is 0.941. The van der Waals surface area contributed by atoms with Crippen LogP contribution in [0.15, 0.2) is 22.8 Å². The van der Waals surface area contributed by atoms with Crippen LogP contribution in [0.4, 0.5) is 0 Å². The zero-order valence-corrected chi connectivity index (χ0v) is 8.52. The number of rotatable bonds is 4. The van der Waals surface area contributed by atoms with E-state index in [0.29, 0.717) is 0 Å². The normalized spacial score (nSPS) is 14.3. The molecule has 1 heterocycles. The zero-order valence-electron chi connectivity index (χ0n) is 8.52. The second kappa shape index (κ2) is 4.27. The van der Waals surface area contributed by atoms with Crippen molar-refractivity contribution in [3.63, 3.8) is 0 Å². The van der Waals surface area contributed by atoms with Crippen LogP contribution in [-0.2, 0) is 19.9 Å². The van der Waals surface area contributed by atoms with Gasteiger partial charge in [0.05, 0.1) is 19.8 Å². The highest BCUT2D eigenvalue weighted by Gasteiger charge is 2.43. The lowest BCUT2D eigenvalue weighted by Crippen LogP contribution is -2.38. The first-order valence-corrected chi connectivity index (χ1v) is 4.35. The van der Waals surface area contributed by atoms with Gasteiger partial charge in [0.2, 0.25) is 5.60 Å². The van der Waals surface area contributed by atoms with Crippen LogP contribution in [0.1, 0.15) is 19.1 Å². The second-order valence-corrected chi connectivity index (χ2v) is 3.21. The molecule has 0 saturated carbocycles. The maximum atomic E-state index is 11.4. The highest BCUT2D eigenvalue weighted by atomic mass is 16.5. The topological polar surface area (TPSA) is 76.7 Å². The lowest BCUT2D eigenvalue weighted by Gasteiger charge is -2.21. The van der Waals surface area contributed by atoms with Gasteiger partial charge in [0.15, 0.2) is 0 Å².